The number of hydrogen-bond donors (Lipinski definition) is 4. The second kappa shape index (κ2) is 20.0. The maximum absolute atomic E-state index is 14.1. The van der Waals surface area contributed by atoms with Crippen molar-refractivity contribution in [3.8, 4) is 0 Å². The van der Waals surface area contributed by atoms with E-state index in [4.69, 9.17) is 14.7 Å². The zero-order valence-electron chi connectivity index (χ0n) is 30.1. The van der Waals surface area contributed by atoms with Crippen LogP contribution in [0.15, 0.2) is 82.8 Å². The summed E-state index contributed by atoms with van der Waals surface area (Å²) in [6, 6.07) is 18.7. The highest BCUT2D eigenvalue weighted by molar-refractivity contribution is 7.89. The number of alkyl carbamates (subject to hydrolysis) is 1. The quantitative estimate of drug-likeness (QED) is 0.0775. The Bertz CT molecular complexity index is 1700. The highest BCUT2D eigenvalue weighted by Gasteiger charge is 2.35. The fourth-order valence-corrected chi connectivity index (χ4v) is 7.84. The Morgan fingerprint density at radius 3 is 2.31 bits per heavy atom. The van der Waals surface area contributed by atoms with Crippen molar-refractivity contribution < 1.29 is 37.8 Å². The Hall–Kier alpha value is -4.37. The second-order valence-electron chi connectivity index (χ2n) is 13.3. The van der Waals surface area contributed by atoms with Crippen molar-refractivity contribution in [1.29, 1.82) is 0 Å². The fraction of sp³-hybridized carbons (Fsp3) is 0.474. The molecule has 1 aliphatic rings. The van der Waals surface area contributed by atoms with Gasteiger partial charge in [0.1, 0.15) is 12.6 Å². The van der Waals surface area contributed by atoms with Gasteiger partial charge in [-0.05, 0) is 66.5 Å². The first-order chi connectivity index (χ1) is 25.0. The molecular weight excluding hydrogens is 687 g/mol. The van der Waals surface area contributed by atoms with E-state index in [2.05, 4.69) is 20.8 Å². The molecule has 13 nitrogen and oxygen atoms in total. The average molecular weight is 738 g/mol. The van der Waals surface area contributed by atoms with E-state index in [9.17, 15) is 23.1 Å². The number of rotatable bonds is 19. The first-order valence-electron chi connectivity index (χ1n) is 17.7. The third kappa shape index (κ3) is 11.8. The van der Waals surface area contributed by atoms with Gasteiger partial charge in [-0.25, -0.2) is 13.2 Å². The SMILES string of the molecule is CC[C@H](C)[C@H](NC(=O)OCc1cccc(COC)n1)C(=O)N[C@@H](Cc1ccccc1)[C@@H](O)CN(CC1CCCC1)S(=O)(=O)c1ccc(C=NO)cc1. The number of nitrogens with zero attached hydrogens (tertiary/aromatic N) is 3. The van der Waals surface area contributed by atoms with Gasteiger partial charge in [-0.15, -0.1) is 0 Å². The molecule has 282 valence electrons. The lowest BCUT2D eigenvalue weighted by Crippen LogP contribution is -2.57. The number of carbonyl (C=O) groups is 2. The van der Waals surface area contributed by atoms with E-state index in [0.717, 1.165) is 31.2 Å². The molecule has 14 heteroatoms. The molecule has 4 atom stereocenters. The largest absolute Gasteiger partial charge is 0.443 e. The van der Waals surface area contributed by atoms with Gasteiger partial charge in [0, 0.05) is 20.2 Å². The van der Waals surface area contributed by atoms with Gasteiger partial charge >= 0.3 is 6.09 Å². The normalized spacial score (nSPS) is 16.0. The lowest BCUT2D eigenvalue weighted by molar-refractivity contribution is -0.125. The number of benzene rings is 2. The van der Waals surface area contributed by atoms with Crippen molar-refractivity contribution in [3.63, 3.8) is 0 Å². The first kappa shape index (κ1) is 40.4. The van der Waals surface area contributed by atoms with Gasteiger partial charge in [-0.3, -0.25) is 9.78 Å². The van der Waals surface area contributed by atoms with Crippen molar-refractivity contribution in [2.75, 3.05) is 20.2 Å². The summed E-state index contributed by atoms with van der Waals surface area (Å²) in [5.41, 5.74) is 2.56. The number of aliphatic hydroxyl groups is 1. The van der Waals surface area contributed by atoms with Gasteiger partial charge in [0.15, 0.2) is 0 Å². The molecule has 1 fully saturated rings. The Balaban J connectivity index is 1.54. The molecular formula is C38H51N5O8S. The Labute approximate surface area is 306 Å². The highest BCUT2D eigenvalue weighted by Crippen LogP contribution is 2.28. The van der Waals surface area contributed by atoms with Crippen molar-refractivity contribution in [2.45, 2.75) is 88.7 Å². The molecule has 2 amide bonds. The van der Waals surface area contributed by atoms with Crippen molar-refractivity contribution in [3.05, 3.63) is 95.3 Å². The molecule has 0 aliphatic heterocycles. The second-order valence-corrected chi connectivity index (χ2v) is 15.2. The molecule has 1 aliphatic carbocycles. The number of amides is 2. The minimum absolute atomic E-state index is 0.0385. The van der Waals surface area contributed by atoms with E-state index >= 15 is 0 Å². The molecule has 0 unspecified atom stereocenters. The van der Waals surface area contributed by atoms with Crippen LogP contribution in [0.1, 0.15) is 68.5 Å². The zero-order chi connectivity index (χ0) is 37.5. The summed E-state index contributed by atoms with van der Waals surface area (Å²) in [6.45, 7) is 3.87. The number of oxime groups is 1. The number of pyridine rings is 1. The Morgan fingerprint density at radius 2 is 1.67 bits per heavy atom. The number of carbonyl (C=O) groups excluding carboxylic acids is 2. The molecule has 2 aromatic carbocycles. The van der Waals surface area contributed by atoms with Gasteiger partial charge in [0.2, 0.25) is 15.9 Å². The molecule has 0 radical (unpaired) electrons. The number of sulfonamides is 1. The van der Waals surface area contributed by atoms with E-state index in [0.29, 0.717) is 30.0 Å². The van der Waals surface area contributed by atoms with Crippen LogP contribution < -0.4 is 10.6 Å². The molecule has 0 spiro atoms. The van der Waals surface area contributed by atoms with E-state index < -0.39 is 40.2 Å². The molecule has 1 heterocycles. The summed E-state index contributed by atoms with van der Waals surface area (Å²) < 4.78 is 40.0. The molecule has 1 aromatic heterocycles. The Kier molecular flexibility index (Phi) is 15.6. The van der Waals surface area contributed by atoms with Gasteiger partial charge in [-0.1, -0.05) is 86.8 Å². The third-order valence-corrected chi connectivity index (χ3v) is 11.3. The maximum Gasteiger partial charge on any atom is 0.408 e. The summed E-state index contributed by atoms with van der Waals surface area (Å²) in [5.74, 6) is -0.700. The molecule has 1 saturated carbocycles. The van der Waals surface area contributed by atoms with Crippen molar-refractivity contribution in [1.82, 2.24) is 19.9 Å². The van der Waals surface area contributed by atoms with E-state index in [1.807, 2.05) is 44.2 Å². The lowest BCUT2D eigenvalue weighted by atomic mass is 9.96. The summed E-state index contributed by atoms with van der Waals surface area (Å²) in [4.78, 5) is 31.4. The summed E-state index contributed by atoms with van der Waals surface area (Å²) >= 11 is 0. The van der Waals surface area contributed by atoms with Crippen LogP contribution in [0.5, 0.6) is 0 Å². The number of ether oxygens (including phenoxy) is 2. The number of nitrogens with one attached hydrogen (secondary N) is 2. The van der Waals surface area contributed by atoms with Gasteiger partial charge in [-0.2, -0.15) is 4.31 Å². The number of aromatic nitrogens is 1. The summed E-state index contributed by atoms with van der Waals surface area (Å²) in [7, 11) is -2.50. The van der Waals surface area contributed by atoms with Crippen LogP contribution in [-0.2, 0) is 43.9 Å². The van der Waals surface area contributed by atoms with Gasteiger partial charge in [0.25, 0.3) is 0 Å². The van der Waals surface area contributed by atoms with Crippen LogP contribution in [0.25, 0.3) is 0 Å². The molecule has 52 heavy (non-hydrogen) atoms. The van der Waals surface area contributed by atoms with E-state index in [1.54, 1.807) is 25.3 Å². The number of methoxy groups -OCH3 is 1. The molecule has 0 bridgehead atoms. The molecule has 4 N–H and O–H groups in total. The van der Waals surface area contributed by atoms with Gasteiger partial charge < -0.3 is 30.4 Å². The predicted molar refractivity (Wildman–Crippen MR) is 196 cm³/mol. The fourth-order valence-electron chi connectivity index (χ4n) is 6.30. The molecule has 3 aromatic rings. The smallest absolute Gasteiger partial charge is 0.408 e. The monoisotopic (exact) mass is 737 g/mol. The van der Waals surface area contributed by atoms with Crippen LogP contribution in [0, 0.1) is 11.8 Å². The topological polar surface area (TPSA) is 180 Å². The third-order valence-electron chi connectivity index (χ3n) is 9.42. The number of hydrogen-bond acceptors (Lipinski definition) is 10. The van der Waals surface area contributed by atoms with Crippen LogP contribution in [-0.4, -0.2) is 84.6 Å². The zero-order valence-corrected chi connectivity index (χ0v) is 30.9. The predicted octanol–water partition coefficient (Wildman–Crippen LogP) is 4.65. The van der Waals surface area contributed by atoms with Crippen LogP contribution in [0.4, 0.5) is 4.79 Å². The van der Waals surface area contributed by atoms with Crippen LogP contribution in [0.2, 0.25) is 0 Å². The van der Waals surface area contributed by atoms with Crippen LogP contribution in [0.3, 0.4) is 0 Å². The van der Waals surface area contributed by atoms with Gasteiger partial charge in [0.05, 0.1) is 41.3 Å². The summed E-state index contributed by atoms with van der Waals surface area (Å²) in [6.07, 6.45) is 3.63. The number of aliphatic hydroxyl groups excluding tert-OH is 1. The van der Waals surface area contributed by atoms with E-state index in [-0.39, 0.29) is 42.8 Å². The standard InChI is InChI=1S/C38H51N5O8S/c1-4-27(2)36(42-38(46)51-26-32-16-10-15-31(40-32)25-50-3)37(45)41-34(21-28-11-6-5-7-12-28)35(44)24-43(23-30-13-8-9-14-30)52(48,49)33-19-17-29(18-20-33)22-39-47/h5-7,10-12,15-20,22,27,30,34-36,44,47H,4,8-9,13-14,21,23-26H2,1-3H3,(H,41,45)(H,42,46)/t27-,34-,35-,36-/m0/s1. The van der Waals surface area contributed by atoms with Crippen molar-refractivity contribution >= 4 is 28.2 Å². The minimum atomic E-state index is -4.07. The first-order valence-corrected chi connectivity index (χ1v) is 19.1. The highest BCUT2D eigenvalue weighted by atomic mass is 32.2. The molecule has 4 rings (SSSR count). The van der Waals surface area contributed by atoms with Crippen LogP contribution >= 0.6 is 0 Å². The lowest BCUT2D eigenvalue weighted by Gasteiger charge is -2.32. The molecule has 0 saturated heterocycles. The maximum atomic E-state index is 14.1. The average Bonchev–Trinajstić information content (AvgIpc) is 3.66. The summed E-state index contributed by atoms with van der Waals surface area (Å²) in [5, 5.41) is 29.4. The Morgan fingerprint density at radius 1 is 1.00 bits per heavy atom. The van der Waals surface area contributed by atoms with Crippen molar-refractivity contribution in [2.24, 2.45) is 17.0 Å². The van der Waals surface area contributed by atoms with E-state index in [1.165, 1.54) is 34.8 Å². The minimum Gasteiger partial charge on any atom is -0.443 e.